The second kappa shape index (κ2) is 4.70. The molecule has 0 bridgehead atoms. The SMILES string of the molecule is C/C=C/[C@H](CC)c1ccc(O)cc1. The molecule has 1 aromatic carbocycles. The lowest BCUT2D eigenvalue weighted by Crippen LogP contribution is -1.91. The molecule has 0 spiro atoms. The molecule has 1 rings (SSSR count). The predicted molar refractivity (Wildman–Crippen MR) is 56.0 cm³/mol. The summed E-state index contributed by atoms with van der Waals surface area (Å²) in [5.41, 5.74) is 1.26. The Bertz CT molecular complexity index is 272. The molecule has 0 unspecified atom stereocenters. The van der Waals surface area contributed by atoms with Crippen molar-refractivity contribution in [2.45, 2.75) is 26.2 Å². The zero-order chi connectivity index (χ0) is 9.68. The summed E-state index contributed by atoms with van der Waals surface area (Å²) in [6.45, 7) is 4.20. The molecule has 0 aromatic heterocycles. The van der Waals surface area contributed by atoms with Crippen molar-refractivity contribution in [3.8, 4) is 5.75 Å². The van der Waals surface area contributed by atoms with Gasteiger partial charge in [-0.15, -0.1) is 0 Å². The number of benzene rings is 1. The van der Waals surface area contributed by atoms with E-state index in [0.717, 1.165) is 6.42 Å². The van der Waals surface area contributed by atoms with Crippen LogP contribution in [0.5, 0.6) is 5.75 Å². The van der Waals surface area contributed by atoms with Crippen molar-refractivity contribution in [2.24, 2.45) is 0 Å². The Hall–Kier alpha value is -1.24. The molecule has 0 amide bonds. The third-order valence-corrected chi connectivity index (χ3v) is 2.19. The van der Waals surface area contributed by atoms with Crippen molar-refractivity contribution >= 4 is 0 Å². The standard InChI is InChI=1S/C12H16O/c1-3-5-10(4-2)11-6-8-12(13)9-7-11/h3,5-10,13H,4H2,1-2H3/b5-3+/t10-/m0/s1. The highest BCUT2D eigenvalue weighted by Gasteiger charge is 2.03. The quantitative estimate of drug-likeness (QED) is 0.699. The molecule has 70 valence electrons. The Morgan fingerprint density at radius 2 is 1.92 bits per heavy atom. The summed E-state index contributed by atoms with van der Waals surface area (Å²) in [6, 6.07) is 7.43. The second-order valence-electron chi connectivity index (χ2n) is 3.13. The van der Waals surface area contributed by atoms with E-state index >= 15 is 0 Å². The van der Waals surface area contributed by atoms with Crippen molar-refractivity contribution in [1.82, 2.24) is 0 Å². The van der Waals surface area contributed by atoms with Crippen LogP contribution >= 0.6 is 0 Å². The van der Waals surface area contributed by atoms with E-state index in [-0.39, 0.29) is 0 Å². The molecule has 0 saturated carbocycles. The predicted octanol–water partition coefficient (Wildman–Crippen LogP) is 3.46. The van der Waals surface area contributed by atoms with Gasteiger partial charge in [-0.1, -0.05) is 31.2 Å². The van der Waals surface area contributed by atoms with E-state index < -0.39 is 0 Å². The highest BCUT2D eigenvalue weighted by Crippen LogP contribution is 2.22. The molecular formula is C12H16O. The van der Waals surface area contributed by atoms with Gasteiger partial charge in [0.25, 0.3) is 0 Å². The van der Waals surface area contributed by atoms with Crippen molar-refractivity contribution in [3.63, 3.8) is 0 Å². The minimum absolute atomic E-state index is 0.332. The summed E-state index contributed by atoms with van der Waals surface area (Å²) >= 11 is 0. The van der Waals surface area contributed by atoms with Gasteiger partial charge in [-0.25, -0.2) is 0 Å². The molecule has 0 aliphatic rings. The summed E-state index contributed by atoms with van der Waals surface area (Å²) in [4.78, 5) is 0. The maximum Gasteiger partial charge on any atom is 0.115 e. The first-order valence-electron chi connectivity index (χ1n) is 4.69. The normalized spacial score (nSPS) is 13.4. The van der Waals surface area contributed by atoms with E-state index in [1.54, 1.807) is 12.1 Å². The van der Waals surface area contributed by atoms with Gasteiger partial charge in [0.05, 0.1) is 0 Å². The summed E-state index contributed by atoms with van der Waals surface area (Å²) in [5, 5.41) is 9.12. The average molecular weight is 176 g/mol. The number of phenols is 1. The van der Waals surface area contributed by atoms with Gasteiger partial charge in [-0.05, 0) is 31.0 Å². The lowest BCUT2D eigenvalue weighted by atomic mass is 9.96. The van der Waals surface area contributed by atoms with Gasteiger partial charge < -0.3 is 5.11 Å². The number of aromatic hydroxyl groups is 1. The van der Waals surface area contributed by atoms with Crippen molar-refractivity contribution in [3.05, 3.63) is 42.0 Å². The molecule has 0 fully saturated rings. The lowest BCUT2D eigenvalue weighted by Gasteiger charge is -2.09. The first-order valence-corrected chi connectivity index (χ1v) is 4.69. The largest absolute Gasteiger partial charge is 0.508 e. The molecule has 1 heteroatoms. The number of allylic oxidation sites excluding steroid dienone is 2. The fourth-order valence-corrected chi connectivity index (χ4v) is 1.44. The Morgan fingerprint density at radius 3 is 2.38 bits per heavy atom. The van der Waals surface area contributed by atoms with Crippen molar-refractivity contribution in [2.75, 3.05) is 0 Å². The van der Waals surface area contributed by atoms with E-state index in [4.69, 9.17) is 5.11 Å². The van der Waals surface area contributed by atoms with Gasteiger partial charge in [0.2, 0.25) is 0 Å². The fraction of sp³-hybridized carbons (Fsp3) is 0.333. The van der Waals surface area contributed by atoms with E-state index in [0.29, 0.717) is 11.7 Å². The van der Waals surface area contributed by atoms with Crippen LogP contribution in [-0.4, -0.2) is 5.11 Å². The molecule has 1 N–H and O–H groups in total. The van der Waals surface area contributed by atoms with E-state index in [1.807, 2.05) is 19.1 Å². The monoisotopic (exact) mass is 176 g/mol. The van der Waals surface area contributed by atoms with Gasteiger partial charge >= 0.3 is 0 Å². The summed E-state index contributed by atoms with van der Waals surface area (Å²) in [7, 11) is 0. The average Bonchev–Trinajstić information content (AvgIpc) is 2.16. The van der Waals surface area contributed by atoms with Crippen LogP contribution in [0.3, 0.4) is 0 Å². The van der Waals surface area contributed by atoms with Crippen molar-refractivity contribution in [1.29, 1.82) is 0 Å². The molecule has 13 heavy (non-hydrogen) atoms. The molecular weight excluding hydrogens is 160 g/mol. The van der Waals surface area contributed by atoms with Crippen LogP contribution in [-0.2, 0) is 0 Å². The summed E-state index contributed by atoms with van der Waals surface area (Å²) < 4.78 is 0. The Kier molecular flexibility index (Phi) is 3.56. The Morgan fingerprint density at radius 1 is 1.31 bits per heavy atom. The molecule has 0 radical (unpaired) electrons. The third-order valence-electron chi connectivity index (χ3n) is 2.19. The van der Waals surface area contributed by atoms with Gasteiger partial charge in [0.15, 0.2) is 0 Å². The van der Waals surface area contributed by atoms with E-state index in [2.05, 4.69) is 19.1 Å². The topological polar surface area (TPSA) is 20.2 Å². The Balaban J connectivity index is 2.85. The van der Waals surface area contributed by atoms with Crippen LogP contribution in [0.15, 0.2) is 36.4 Å². The Labute approximate surface area is 79.7 Å². The first kappa shape index (κ1) is 9.85. The van der Waals surface area contributed by atoms with Gasteiger partial charge in [-0.2, -0.15) is 0 Å². The maximum atomic E-state index is 9.12. The second-order valence-corrected chi connectivity index (χ2v) is 3.13. The number of hydrogen-bond acceptors (Lipinski definition) is 1. The highest BCUT2D eigenvalue weighted by atomic mass is 16.3. The molecule has 1 nitrogen and oxygen atoms in total. The summed E-state index contributed by atoms with van der Waals surface area (Å²) in [5.74, 6) is 0.810. The fourth-order valence-electron chi connectivity index (χ4n) is 1.44. The smallest absolute Gasteiger partial charge is 0.115 e. The summed E-state index contributed by atoms with van der Waals surface area (Å²) in [6.07, 6.45) is 5.35. The molecule has 1 atom stereocenters. The third kappa shape index (κ3) is 2.62. The minimum Gasteiger partial charge on any atom is -0.508 e. The zero-order valence-corrected chi connectivity index (χ0v) is 8.20. The number of hydrogen-bond donors (Lipinski definition) is 1. The number of phenolic OH excluding ortho intramolecular Hbond substituents is 1. The van der Waals surface area contributed by atoms with Crippen LogP contribution < -0.4 is 0 Å². The van der Waals surface area contributed by atoms with E-state index in [1.165, 1.54) is 5.56 Å². The van der Waals surface area contributed by atoms with Crippen molar-refractivity contribution < 1.29 is 5.11 Å². The molecule has 0 aliphatic carbocycles. The van der Waals surface area contributed by atoms with Crippen LogP contribution in [0.2, 0.25) is 0 Å². The van der Waals surface area contributed by atoms with Gasteiger partial charge in [0, 0.05) is 5.92 Å². The lowest BCUT2D eigenvalue weighted by molar-refractivity contribution is 0.475. The van der Waals surface area contributed by atoms with Gasteiger partial charge in [-0.3, -0.25) is 0 Å². The van der Waals surface area contributed by atoms with Gasteiger partial charge in [0.1, 0.15) is 5.75 Å². The maximum absolute atomic E-state index is 9.12. The highest BCUT2D eigenvalue weighted by molar-refractivity contribution is 5.30. The molecule has 0 heterocycles. The van der Waals surface area contributed by atoms with Crippen LogP contribution in [0.4, 0.5) is 0 Å². The zero-order valence-electron chi connectivity index (χ0n) is 8.20. The minimum atomic E-state index is 0.332. The molecule has 0 aliphatic heterocycles. The van der Waals surface area contributed by atoms with E-state index in [9.17, 15) is 0 Å². The van der Waals surface area contributed by atoms with Crippen LogP contribution in [0.25, 0.3) is 0 Å². The molecule has 0 saturated heterocycles. The van der Waals surface area contributed by atoms with Crippen LogP contribution in [0.1, 0.15) is 31.7 Å². The number of rotatable bonds is 3. The first-order chi connectivity index (χ1) is 6.27. The molecule has 1 aromatic rings. The van der Waals surface area contributed by atoms with Crippen LogP contribution in [0, 0.1) is 0 Å².